The molecule has 268 valence electrons. The molecule has 5 rings (SSSR count). The summed E-state index contributed by atoms with van der Waals surface area (Å²) in [5.74, 6) is -2.30. The largest absolute Gasteiger partial charge is 0.463 e. The molecule has 1 aromatic heterocycles. The number of nitrogens with zero attached hydrogens (tertiary/aromatic N) is 1. The van der Waals surface area contributed by atoms with Crippen LogP contribution < -0.4 is 5.32 Å². The quantitative estimate of drug-likeness (QED) is 0.285. The van der Waals surface area contributed by atoms with Crippen molar-refractivity contribution < 1.29 is 61.8 Å². The normalized spacial score (nSPS) is 32.8. The van der Waals surface area contributed by atoms with Crippen LogP contribution in [-0.4, -0.2) is 104 Å². The van der Waals surface area contributed by atoms with Gasteiger partial charge < -0.3 is 52.5 Å². The lowest BCUT2D eigenvalue weighted by Crippen LogP contribution is -2.69. The smallest absolute Gasteiger partial charge is 0.303 e. The molecular weight excluding hydrogens is 644 g/mol. The third kappa shape index (κ3) is 8.31. The molecule has 4 heterocycles. The van der Waals surface area contributed by atoms with Crippen molar-refractivity contribution in [3.63, 3.8) is 0 Å². The van der Waals surface area contributed by atoms with Crippen molar-refractivity contribution in [2.24, 2.45) is 0 Å². The van der Waals surface area contributed by atoms with Crippen molar-refractivity contribution in [1.29, 1.82) is 0 Å². The van der Waals surface area contributed by atoms with Crippen molar-refractivity contribution in [3.05, 3.63) is 59.4 Å². The van der Waals surface area contributed by atoms with Gasteiger partial charge in [0.15, 0.2) is 31.1 Å². The summed E-state index contributed by atoms with van der Waals surface area (Å²) in [6.07, 6.45) is -9.05. The molecule has 2 aromatic rings. The number of fused-ring (bicyclic) bond motifs is 1. The Morgan fingerprint density at radius 3 is 2.06 bits per heavy atom. The minimum Gasteiger partial charge on any atom is -0.463 e. The molecule has 3 saturated heterocycles. The fourth-order valence-electron chi connectivity index (χ4n) is 6.68. The lowest BCUT2D eigenvalue weighted by molar-refractivity contribution is -0.371. The number of hydrogen-bond donors (Lipinski definition) is 1. The summed E-state index contributed by atoms with van der Waals surface area (Å²) in [6, 6.07) is 11.2. The molecule has 0 bridgehead atoms. The van der Waals surface area contributed by atoms with E-state index < -0.39 is 85.5 Å². The zero-order valence-electron chi connectivity index (χ0n) is 28.6. The standard InChI is InChI=1S/C34H44N2O13/c1-17-13-14-18(2)36(17)27-31(45-22(6)40)29(44-21(5)39)24(15-42-20(4)38)47-34(27)49-30-26(35-19(3)37)33(41-7)46-25-16-43-32(48-28(25)30)23-11-9-8-10-12-23/h8-14,24-34H,15-16H2,1-7H3,(H,35,37)/t24-,25-,26-,27-,28-,29-,30-,31-,32-,33-,34+/m1/s1. The highest BCUT2D eigenvalue weighted by atomic mass is 16.8. The van der Waals surface area contributed by atoms with Crippen LogP contribution in [0.25, 0.3) is 0 Å². The molecule has 0 aliphatic carbocycles. The van der Waals surface area contributed by atoms with Gasteiger partial charge in [-0.3, -0.25) is 19.2 Å². The Bertz CT molecular complexity index is 1460. The summed E-state index contributed by atoms with van der Waals surface area (Å²) in [4.78, 5) is 49.6. The molecule has 3 aliphatic rings. The summed E-state index contributed by atoms with van der Waals surface area (Å²) in [6.45, 7) is 8.52. The molecule has 1 aromatic carbocycles. The van der Waals surface area contributed by atoms with Crippen LogP contribution in [0.5, 0.6) is 0 Å². The molecule has 1 N–H and O–H groups in total. The van der Waals surface area contributed by atoms with Gasteiger partial charge in [-0.05, 0) is 26.0 Å². The predicted octanol–water partition coefficient (Wildman–Crippen LogP) is 2.17. The van der Waals surface area contributed by atoms with Gasteiger partial charge in [0.1, 0.15) is 43.1 Å². The number of carbonyl (C=O) groups is 4. The van der Waals surface area contributed by atoms with Crippen molar-refractivity contribution >= 4 is 23.8 Å². The molecule has 3 aliphatic heterocycles. The van der Waals surface area contributed by atoms with E-state index in [-0.39, 0.29) is 19.1 Å². The Labute approximate surface area is 284 Å². The minimum atomic E-state index is -1.26. The van der Waals surface area contributed by atoms with Crippen molar-refractivity contribution in [2.75, 3.05) is 20.3 Å². The van der Waals surface area contributed by atoms with E-state index >= 15 is 0 Å². The summed E-state index contributed by atoms with van der Waals surface area (Å²) in [5.41, 5.74) is 2.29. The number of amides is 1. The predicted molar refractivity (Wildman–Crippen MR) is 168 cm³/mol. The van der Waals surface area contributed by atoms with Gasteiger partial charge in [0.25, 0.3) is 0 Å². The Kier molecular flexibility index (Phi) is 11.7. The maximum Gasteiger partial charge on any atom is 0.303 e. The Morgan fingerprint density at radius 1 is 0.816 bits per heavy atom. The van der Waals surface area contributed by atoms with Crippen molar-refractivity contribution in [3.8, 4) is 0 Å². The first-order valence-corrected chi connectivity index (χ1v) is 16.1. The van der Waals surface area contributed by atoms with Gasteiger partial charge in [0, 0.05) is 51.8 Å². The highest BCUT2D eigenvalue weighted by Crippen LogP contribution is 2.41. The van der Waals surface area contributed by atoms with E-state index in [9.17, 15) is 19.2 Å². The average molecular weight is 689 g/mol. The van der Waals surface area contributed by atoms with Crippen LogP contribution in [0.4, 0.5) is 0 Å². The SMILES string of the molecule is CO[C@@H]1O[C@@H]2CO[C@@H](c3ccccc3)O[C@H]2[C@H](O[C@@H]2O[C@H](COC(C)=O)[C@@H](OC(C)=O)[C@H](OC(C)=O)[C@H]2n2c(C)ccc2C)[C@H]1NC(C)=O. The molecular formula is C34H44N2O13. The van der Waals surface area contributed by atoms with Gasteiger partial charge in [-0.25, -0.2) is 0 Å². The maximum atomic E-state index is 12.7. The van der Waals surface area contributed by atoms with E-state index in [1.54, 1.807) is 0 Å². The molecule has 0 unspecified atom stereocenters. The number of hydrogen-bond acceptors (Lipinski definition) is 13. The van der Waals surface area contributed by atoms with E-state index in [0.29, 0.717) is 0 Å². The average Bonchev–Trinajstić information content (AvgIpc) is 3.38. The van der Waals surface area contributed by atoms with E-state index in [4.69, 9.17) is 42.6 Å². The van der Waals surface area contributed by atoms with Gasteiger partial charge in [0.2, 0.25) is 5.91 Å². The molecule has 3 fully saturated rings. The van der Waals surface area contributed by atoms with Crippen LogP contribution in [-0.2, 0) is 61.8 Å². The van der Waals surface area contributed by atoms with Crippen LogP contribution in [0.3, 0.4) is 0 Å². The molecule has 0 saturated carbocycles. The molecule has 49 heavy (non-hydrogen) atoms. The first-order chi connectivity index (χ1) is 23.4. The van der Waals surface area contributed by atoms with Crippen LogP contribution in [0, 0.1) is 13.8 Å². The molecule has 0 spiro atoms. The molecule has 11 atom stereocenters. The number of methoxy groups -OCH3 is 1. The lowest BCUT2D eigenvalue weighted by Gasteiger charge is -2.52. The molecule has 15 nitrogen and oxygen atoms in total. The third-order valence-corrected chi connectivity index (χ3v) is 8.60. The summed E-state index contributed by atoms with van der Waals surface area (Å²) in [5, 5.41) is 2.89. The monoisotopic (exact) mass is 688 g/mol. The first kappa shape index (κ1) is 36.4. The number of nitrogens with one attached hydrogen (secondary N) is 1. The first-order valence-electron chi connectivity index (χ1n) is 16.1. The molecule has 15 heteroatoms. The number of aryl methyl sites for hydroxylation is 2. The van der Waals surface area contributed by atoms with Crippen LogP contribution in [0.1, 0.15) is 57.0 Å². The highest BCUT2D eigenvalue weighted by Gasteiger charge is 2.57. The van der Waals surface area contributed by atoms with Crippen LogP contribution in [0.2, 0.25) is 0 Å². The fraction of sp³-hybridized carbons (Fsp3) is 0.588. The van der Waals surface area contributed by atoms with Gasteiger partial charge in [-0.15, -0.1) is 0 Å². The van der Waals surface area contributed by atoms with Crippen molar-refractivity contribution in [2.45, 2.75) is 109 Å². The summed E-state index contributed by atoms with van der Waals surface area (Å²) >= 11 is 0. The maximum absolute atomic E-state index is 12.7. The third-order valence-electron chi connectivity index (χ3n) is 8.60. The van der Waals surface area contributed by atoms with E-state index in [1.165, 1.54) is 34.8 Å². The Hall–Kier alpha value is -3.86. The number of ether oxygens (including phenoxy) is 9. The second kappa shape index (κ2) is 15.8. The summed E-state index contributed by atoms with van der Waals surface area (Å²) < 4.78 is 56.7. The number of carbonyl (C=O) groups excluding carboxylic acids is 4. The van der Waals surface area contributed by atoms with Gasteiger partial charge in [-0.2, -0.15) is 0 Å². The Balaban J connectivity index is 1.61. The lowest BCUT2D eigenvalue weighted by atomic mass is 9.93. The van der Waals surface area contributed by atoms with Gasteiger partial charge in [0.05, 0.1) is 6.61 Å². The van der Waals surface area contributed by atoms with Crippen LogP contribution in [0.15, 0.2) is 42.5 Å². The number of esters is 3. The number of rotatable bonds is 10. The number of benzene rings is 1. The second-order valence-electron chi connectivity index (χ2n) is 12.3. The van der Waals surface area contributed by atoms with E-state index in [1.807, 2.05) is 60.9 Å². The van der Waals surface area contributed by atoms with E-state index in [2.05, 4.69) is 5.32 Å². The topological polar surface area (TPSA) is 168 Å². The Morgan fingerprint density at radius 2 is 1.47 bits per heavy atom. The zero-order chi connectivity index (χ0) is 35.4. The van der Waals surface area contributed by atoms with Crippen molar-refractivity contribution in [1.82, 2.24) is 9.88 Å². The number of aromatic nitrogens is 1. The fourth-order valence-corrected chi connectivity index (χ4v) is 6.68. The van der Waals surface area contributed by atoms with Gasteiger partial charge >= 0.3 is 17.9 Å². The second-order valence-corrected chi connectivity index (χ2v) is 12.3. The van der Waals surface area contributed by atoms with Crippen LogP contribution >= 0.6 is 0 Å². The summed E-state index contributed by atoms with van der Waals surface area (Å²) in [7, 11) is 1.44. The zero-order valence-corrected chi connectivity index (χ0v) is 28.6. The molecule has 1 amide bonds. The van der Waals surface area contributed by atoms with Gasteiger partial charge in [-0.1, -0.05) is 30.3 Å². The highest BCUT2D eigenvalue weighted by molar-refractivity contribution is 5.73. The minimum absolute atomic E-state index is 0.112. The molecule has 0 radical (unpaired) electrons. The van der Waals surface area contributed by atoms with E-state index in [0.717, 1.165) is 17.0 Å².